The first-order valence-corrected chi connectivity index (χ1v) is 10.6. The van der Waals surface area contributed by atoms with Crippen LogP contribution in [0.1, 0.15) is 36.7 Å². The van der Waals surface area contributed by atoms with Crippen LogP contribution in [0.4, 0.5) is 0 Å². The Balaban J connectivity index is 1.95. The molecule has 0 unspecified atom stereocenters. The van der Waals surface area contributed by atoms with E-state index in [1.807, 2.05) is 24.3 Å². The molecule has 0 saturated heterocycles. The maximum atomic E-state index is 12.2. The average Bonchev–Trinajstić information content (AvgIpc) is 2.70. The van der Waals surface area contributed by atoms with E-state index in [0.29, 0.717) is 5.75 Å². The predicted octanol–water partition coefficient (Wildman–Crippen LogP) is 3.14. The molecule has 1 N–H and O–H groups in total. The van der Waals surface area contributed by atoms with Gasteiger partial charge in [-0.2, -0.15) is 0 Å². The molecule has 2 aromatic rings. The van der Waals surface area contributed by atoms with Crippen molar-refractivity contribution in [3.63, 3.8) is 0 Å². The molecule has 0 aliphatic heterocycles. The molecule has 0 bridgehead atoms. The largest absolute Gasteiger partial charge is 0.495 e. The maximum absolute atomic E-state index is 12.2. The van der Waals surface area contributed by atoms with Crippen molar-refractivity contribution in [2.75, 3.05) is 27.4 Å². The third kappa shape index (κ3) is 5.95. The lowest BCUT2D eigenvalue weighted by Crippen LogP contribution is -2.20. The smallest absolute Gasteiger partial charge is 0.338 e. The SMILES string of the molecule is CNS(=O)(=O)c1cc(C(=O)OCCOc2ccc(C(C)(C)C)cc2)ccc1OC. The first-order chi connectivity index (χ1) is 13.6. The number of esters is 1. The van der Waals surface area contributed by atoms with Crippen molar-refractivity contribution >= 4 is 16.0 Å². The second-order valence-corrected chi connectivity index (χ2v) is 9.19. The molecule has 0 radical (unpaired) electrons. The second kappa shape index (κ2) is 9.28. The number of nitrogens with one attached hydrogen (secondary N) is 1. The van der Waals surface area contributed by atoms with Gasteiger partial charge in [-0.3, -0.25) is 0 Å². The van der Waals surface area contributed by atoms with E-state index in [2.05, 4.69) is 25.5 Å². The third-order valence-corrected chi connectivity index (χ3v) is 5.70. The fourth-order valence-electron chi connectivity index (χ4n) is 2.55. The minimum absolute atomic E-state index is 0.0278. The fraction of sp³-hybridized carbons (Fsp3) is 0.381. The fourth-order valence-corrected chi connectivity index (χ4v) is 3.47. The van der Waals surface area contributed by atoms with E-state index in [9.17, 15) is 13.2 Å². The molecule has 0 atom stereocenters. The van der Waals surface area contributed by atoms with E-state index >= 15 is 0 Å². The molecule has 0 amide bonds. The lowest BCUT2D eigenvalue weighted by molar-refractivity contribution is 0.0450. The van der Waals surface area contributed by atoms with E-state index in [1.54, 1.807) is 0 Å². The van der Waals surface area contributed by atoms with Crippen LogP contribution in [0, 0.1) is 0 Å². The van der Waals surface area contributed by atoms with Crippen molar-refractivity contribution in [2.24, 2.45) is 0 Å². The summed E-state index contributed by atoms with van der Waals surface area (Å²) in [5.74, 6) is 0.172. The summed E-state index contributed by atoms with van der Waals surface area (Å²) in [6, 6.07) is 11.8. The highest BCUT2D eigenvalue weighted by Gasteiger charge is 2.20. The Labute approximate surface area is 172 Å². The van der Waals surface area contributed by atoms with Crippen molar-refractivity contribution in [2.45, 2.75) is 31.1 Å². The Kier molecular flexibility index (Phi) is 7.26. The molecule has 158 valence electrons. The van der Waals surface area contributed by atoms with E-state index in [-0.39, 0.29) is 34.8 Å². The second-order valence-electron chi connectivity index (χ2n) is 7.33. The standard InChI is InChI=1S/C21H27NO6S/c1-21(2,3)16-7-9-17(10-8-16)27-12-13-28-20(23)15-6-11-18(26-5)19(14-15)29(24,25)22-4/h6-11,14,22H,12-13H2,1-5H3. The Morgan fingerprint density at radius 3 is 2.24 bits per heavy atom. The summed E-state index contributed by atoms with van der Waals surface area (Å²) in [5, 5.41) is 0. The highest BCUT2D eigenvalue weighted by molar-refractivity contribution is 7.89. The van der Waals surface area contributed by atoms with Crippen LogP contribution in [0.5, 0.6) is 11.5 Å². The van der Waals surface area contributed by atoms with Crippen LogP contribution >= 0.6 is 0 Å². The zero-order valence-corrected chi connectivity index (χ0v) is 18.1. The number of benzene rings is 2. The summed E-state index contributed by atoms with van der Waals surface area (Å²) in [4.78, 5) is 12.1. The Hall–Kier alpha value is -2.58. The van der Waals surface area contributed by atoms with Gasteiger partial charge in [0, 0.05) is 0 Å². The van der Waals surface area contributed by atoms with Gasteiger partial charge < -0.3 is 14.2 Å². The molecule has 2 rings (SSSR count). The van der Waals surface area contributed by atoms with Crippen molar-refractivity contribution in [3.8, 4) is 11.5 Å². The number of ether oxygens (including phenoxy) is 3. The van der Waals surface area contributed by atoms with Crippen LogP contribution in [-0.4, -0.2) is 41.8 Å². The zero-order chi connectivity index (χ0) is 21.7. The van der Waals surface area contributed by atoms with Crippen LogP contribution in [0.25, 0.3) is 0 Å². The molecule has 2 aromatic carbocycles. The van der Waals surface area contributed by atoms with Gasteiger partial charge in [0.2, 0.25) is 10.0 Å². The topological polar surface area (TPSA) is 90.9 Å². The molecule has 0 fully saturated rings. The molecule has 0 aliphatic carbocycles. The summed E-state index contributed by atoms with van der Waals surface area (Å²) in [6.07, 6.45) is 0. The van der Waals surface area contributed by atoms with Gasteiger partial charge in [-0.25, -0.2) is 17.9 Å². The van der Waals surface area contributed by atoms with Gasteiger partial charge in [0.05, 0.1) is 12.7 Å². The molecule has 0 heterocycles. The lowest BCUT2D eigenvalue weighted by Gasteiger charge is -2.19. The quantitative estimate of drug-likeness (QED) is 0.520. The van der Waals surface area contributed by atoms with Crippen LogP contribution in [0.2, 0.25) is 0 Å². The Morgan fingerprint density at radius 1 is 1.03 bits per heavy atom. The number of methoxy groups -OCH3 is 1. The summed E-state index contributed by atoms with van der Waals surface area (Å²) in [6.45, 7) is 6.61. The van der Waals surface area contributed by atoms with Crippen LogP contribution in [0.15, 0.2) is 47.4 Å². The van der Waals surface area contributed by atoms with E-state index in [1.165, 1.54) is 37.9 Å². The first kappa shape index (κ1) is 22.7. The van der Waals surface area contributed by atoms with Gasteiger partial charge in [-0.1, -0.05) is 32.9 Å². The number of hydrogen-bond donors (Lipinski definition) is 1. The average molecular weight is 422 g/mol. The van der Waals surface area contributed by atoms with Crippen molar-refractivity contribution < 1.29 is 27.4 Å². The molecular weight excluding hydrogens is 394 g/mol. The van der Waals surface area contributed by atoms with Crippen LogP contribution in [0.3, 0.4) is 0 Å². The minimum Gasteiger partial charge on any atom is -0.495 e. The monoisotopic (exact) mass is 421 g/mol. The molecule has 0 saturated carbocycles. The molecule has 0 spiro atoms. The van der Waals surface area contributed by atoms with Crippen molar-refractivity contribution in [1.29, 1.82) is 0 Å². The van der Waals surface area contributed by atoms with E-state index in [4.69, 9.17) is 14.2 Å². The maximum Gasteiger partial charge on any atom is 0.338 e. The third-order valence-electron chi connectivity index (χ3n) is 4.26. The van der Waals surface area contributed by atoms with Crippen molar-refractivity contribution in [1.82, 2.24) is 4.72 Å². The van der Waals surface area contributed by atoms with Gasteiger partial charge in [0.25, 0.3) is 0 Å². The number of carbonyl (C=O) groups is 1. The molecule has 7 nitrogen and oxygen atoms in total. The molecule has 29 heavy (non-hydrogen) atoms. The van der Waals surface area contributed by atoms with Crippen LogP contribution < -0.4 is 14.2 Å². The van der Waals surface area contributed by atoms with Gasteiger partial charge in [0.15, 0.2) is 0 Å². The minimum atomic E-state index is -3.78. The number of carbonyl (C=O) groups excluding carboxylic acids is 1. The summed E-state index contributed by atoms with van der Waals surface area (Å²) in [5.41, 5.74) is 1.36. The summed E-state index contributed by atoms with van der Waals surface area (Å²) >= 11 is 0. The highest BCUT2D eigenvalue weighted by atomic mass is 32.2. The van der Waals surface area contributed by atoms with E-state index < -0.39 is 16.0 Å². The number of sulfonamides is 1. The molecule has 0 aliphatic rings. The van der Waals surface area contributed by atoms with Crippen molar-refractivity contribution in [3.05, 3.63) is 53.6 Å². The number of rotatable bonds is 8. The molecule has 8 heteroatoms. The predicted molar refractivity (Wildman–Crippen MR) is 110 cm³/mol. The van der Waals surface area contributed by atoms with Gasteiger partial charge in [-0.15, -0.1) is 0 Å². The Bertz CT molecular complexity index is 946. The molecule has 0 aromatic heterocycles. The summed E-state index contributed by atoms with van der Waals surface area (Å²) in [7, 11) is -1.14. The molecular formula is C21H27NO6S. The summed E-state index contributed by atoms with van der Waals surface area (Å²) < 4.78 is 42.2. The zero-order valence-electron chi connectivity index (χ0n) is 17.3. The van der Waals surface area contributed by atoms with Gasteiger partial charge in [-0.05, 0) is 48.4 Å². The van der Waals surface area contributed by atoms with Crippen LogP contribution in [-0.2, 0) is 20.2 Å². The number of hydrogen-bond acceptors (Lipinski definition) is 6. The normalized spacial score (nSPS) is 11.8. The van der Waals surface area contributed by atoms with E-state index in [0.717, 1.165) is 0 Å². The Morgan fingerprint density at radius 2 is 1.69 bits per heavy atom. The first-order valence-electron chi connectivity index (χ1n) is 9.10. The lowest BCUT2D eigenvalue weighted by atomic mass is 9.87. The highest BCUT2D eigenvalue weighted by Crippen LogP contribution is 2.25. The van der Waals surface area contributed by atoms with Gasteiger partial charge >= 0.3 is 5.97 Å². The van der Waals surface area contributed by atoms with Gasteiger partial charge in [0.1, 0.15) is 29.6 Å².